The number of halogens is 1. The van der Waals surface area contributed by atoms with Crippen molar-refractivity contribution in [3.05, 3.63) is 35.9 Å². The van der Waals surface area contributed by atoms with E-state index >= 15 is 0 Å². The summed E-state index contributed by atoms with van der Waals surface area (Å²) in [5, 5.41) is 3.24. The molecular weight excluding hydrogens is 312 g/mol. The highest BCUT2D eigenvalue weighted by Gasteiger charge is 2.49. The second-order valence-corrected chi connectivity index (χ2v) is 7.04. The van der Waals surface area contributed by atoms with E-state index in [1.165, 1.54) is 12.8 Å². The monoisotopic (exact) mass is 336 g/mol. The Labute approximate surface area is 143 Å². The number of carbonyl (C=O) groups is 1. The van der Waals surface area contributed by atoms with Gasteiger partial charge in [0.2, 0.25) is 5.91 Å². The molecule has 2 aliphatic carbocycles. The average Bonchev–Trinajstić information content (AvgIpc) is 3.23. The summed E-state index contributed by atoms with van der Waals surface area (Å²) in [6, 6.07) is 10.3. The van der Waals surface area contributed by atoms with E-state index in [2.05, 4.69) is 17.4 Å². The van der Waals surface area contributed by atoms with Crippen LogP contribution in [0.15, 0.2) is 30.3 Å². The van der Waals surface area contributed by atoms with Gasteiger partial charge in [-0.15, -0.1) is 12.4 Å². The van der Waals surface area contributed by atoms with Crippen molar-refractivity contribution >= 4 is 18.3 Å². The Hall–Kier alpha value is -1.10. The van der Waals surface area contributed by atoms with E-state index in [1.54, 1.807) is 0 Å². The van der Waals surface area contributed by atoms with Crippen LogP contribution in [-0.4, -0.2) is 24.6 Å². The predicted octanol–water partition coefficient (Wildman–Crippen LogP) is 2.43. The van der Waals surface area contributed by atoms with Gasteiger partial charge in [-0.3, -0.25) is 4.79 Å². The van der Waals surface area contributed by atoms with Gasteiger partial charge in [0, 0.05) is 12.6 Å². The molecule has 1 aliphatic heterocycles. The highest BCUT2D eigenvalue weighted by atomic mass is 35.5. The van der Waals surface area contributed by atoms with Crippen LogP contribution in [0.5, 0.6) is 0 Å². The summed E-state index contributed by atoms with van der Waals surface area (Å²) in [7, 11) is 0. The number of fused-ring (bicyclic) bond motifs is 2. The van der Waals surface area contributed by atoms with Crippen molar-refractivity contribution in [2.24, 2.45) is 23.5 Å². The maximum absolute atomic E-state index is 12.7. The molecule has 1 aromatic carbocycles. The predicted molar refractivity (Wildman–Crippen MR) is 91.2 cm³/mol. The molecule has 3 N–H and O–H groups in total. The molecular formula is C18H25ClN2O2. The summed E-state index contributed by atoms with van der Waals surface area (Å²) in [6.45, 7) is 0.702. The fourth-order valence-corrected chi connectivity index (χ4v) is 4.71. The molecule has 6 unspecified atom stereocenters. The van der Waals surface area contributed by atoms with Gasteiger partial charge in [0.05, 0.1) is 12.0 Å². The van der Waals surface area contributed by atoms with Gasteiger partial charge in [0.15, 0.2) is 0 Å². The first-order chi connectivity index (χ1) is 10.7. The second-order valence-electron chi connectivity index (χ2n) is 7.04. The number of amides is 1. The van der Waals surface area contributed by atoms with Crippen molar-refractivity contribution in [2.45, 2.75) is 43.9 Å². The Morgan fingerprint density at radius 3 is 2.57 bits per heavy atom. The lowest BCUT2D eigenvalue weighted by molar-refractivity contribution is -0.128. The van der Waals surface area contributed by atoms with Crippen molar-refractivity contribution in [1.29, 1.82) is 0 Å². The lowest BCUT2D eigenvalue weighted by atomic mass is 9.84. The summed E-state index contributed by atoms with van der Waals surface area (Å²) in [5.74, 6) is 1.22. The molecule has 0 aromatic heterocycles. The lowest BCUT2D eigenvalue weighted by Crippen LogP contribution is -2.48. The third-order valence-electron chi connectivity index (χ3n) is 5.83. The Morgan fingerprint density at radius 1 is 1.13 bits per heavy atom. The van der Waals surface area contributed by atoms with Crippen LogP contribution in [0.25, 0.3) is 0 Å². The van der Waals surface area contributed by atoms with Crippen LogP contribution in [0.3, 0.4) is 0 Å². The first-order valence-electron chi connectivity index (χ1n) is 8.46. The van der Waals surface area contributed by atoms with Crippen LogP contribution < -0.4 is 11.1 Å². The molecule has 1 heterocycles. The van der Waals surface area contributed by atoms with Gasteiger partial charge in [-0.05, 0) is 43.1 Å². The molecule has 4 nitrogen and oxygen atoms in total. The topological polar surface area (TPSA) is 64.4 Å². The number of benzene rings is 1. The quantitative estimate of drug-likeness (QED) is 0.891. The van der Waals surface area contributed by atoms with Crippen molar-refractivity contribution in [1.82, 2.24) is 5.32 Å². The Bertz CT molecular complexity index is 551. The number of nitrogens with two attached hydrogens (primary N) is 1. The van der Waals surface area contributed by atoms with Gasteiger partial charge >= 0.3 is 0 Å². The zero-order valence-electron chi connectivity index (χ0n) is 13.2. The summed E-state index contributed by atoms with van der Waals surface area (Å²) >= 11 is 0. The number of carbonyl (C=O) groups excluding carboxylic acids is 1. The van der Waals surface area contributed by atoms with Gasteiger partial charge in [0.1, 0.15) is 6.10 Å². The summed E-state index contributed by atoms with van der Waals surface area (Å²) in [6.07, 6.45) is 4.36. The van der Waals surface area contributed by atoms with E-state index in [4.69, 9.17) is 10.5 Å². The minimum absolute atomic E-state index is 0. The molecule has 4 rings (SSSR count). The number of nitrogens with one attached hydrogen (secondary N) is 1. The summed E-state index contributed by atoms with van der Waals surface area (Å²) in [4.78, 5) is 12.7. The van der Waals surface area contributed by atoms with Crippen LogP contribution in [-0.2, 0) is 9.53 Å². The summed E-state index contributed by atoms with van der Waals surface area (Å²) in [5.41, 5.74) is 7.43. The molecule has 1 aromatic rings. The molecule has 23 heavy (non-hydrogen) atoms. The molecule has 3 aliphatic rings. The van der Waals surface area contributed by atoms with Crippen LogP contribution in [0.2, 0.25) is 0 Å². The maximum atomic E-state index is 12.7. The smallest absolute Gasteiger partial charge is 0.225 e. The Morgan fingerprint density at radius 2 is 1.87 bits per heavy atom. The van der Waals surface area contributed by atoms with E-state index in [1.807, 2.05) is 18.2 Å². The third-order valence-corrected chi connectivity index (χ3v) is 5.83. The first-order valence-corrected chi connectivity index (χ1v) is 8.46. The minimum Gasteiger partial charge on any atom is -0.371 e. The lowest BCUT2D eigenvalue weighted by Gasteiger charge is -2.29. The van der Waals surface area contributed by atoms with Crippen molar-refractivity contribution < 1.29 is 9.53 Å². The Kier molecular flexibility index (Phi) is 4.95. The molecule has 2 bridgehead atoms. The van der Waals surface area contributed by atoms with Crippen molar-refractivity contribution in [3.63, 3.8) is 0 Å². The average molecular weight is 337 g/mol. The van der Waals surface area contributed by atoms with E-state index in [0.717, 1.165) is 18.4 Å². The molecule has 1 saturated heterocycles. The minimum atomic E-state index is -0.0278. The largest absolute Gasteiger partial charge is 0.371 e. The van der Waals surface area contributed by atoms with Gasteiger partial charge in [0.25, 0.3) is 0 Å². The fourth-order valence-electron chi connectivity index (χ4n) is 4.71. The van der Waals surface area contributed by atoms with Gasteiger partial charge < -0.3 is 15.8 Å². The van der Waals surface area contributed by atoms with Crippen LogP contribution in [0.4, 0.5) is 0 Å². The van der Waals surface area contributed by atoms with Gasteiger partial charge in [-0.1, -0.05) is 30.3 Å². The van der Waals surface area contributed by atoms with E-state index in [-0.39, 0.29) is 42.4 Å². The molecule has 126 valence electrons. The van der Waals surface area contributed by atoms with Crippen LogP contribution >= 0.6 is 12.4 Å². The van der Waals surface area contributed by atoms with Gasteiger partial charge in [-0.2, -0.15) is 0 Å². The number of hydrogen-bond acceptors (Lipinski definition) is 3. The molecule has 3 fully saturated rings. The maximum Gasteiger partial charge on any atom is 0.225 e. The van der Waals surface area contributed by atoms with E-state index in [0.29, 0.717) is 18.4 Å². The van der Waals surface area contributed by atoms with Crippen LogP contribution in [0, 0.1) is 17.8 Å². The standard InChI is InChI=1S/C18H24N2O2.ClH/c19-16-13-7-6-12(10-13)15(16)18(21)20-14-8-9-22-17(14)11-4-2-1-3-5-11;/h1-5,12-17H,6-10,19H2,(H,20,21);1H. The third kappa shape index (κ3) is 3.00. The zero-order chi connectivity index (χ0) is 15.1. The first kappa shape index (κ1) is 16.7. The highest BCUT2D eigenvalue weighted by Crippen LogP contribution is 2.47. The highest BCUT2D eigenvalue weighted by molar-refractivity contribution is 5.85. The van der Waals surface area contributed by atoms with E-state index < -0.39 is 0 Å². The van der Waals surface area contributed by atoms with Crippen LogP contribution in [0.1, 0.15) is 37.4 Å². The fraction of sp³-hybridized carbons (Fsp3) is 0.611. The molecule has 2 saturated carbocycles. The Balaban J connectivity index is 0.00000156. The molecule has 0 spiro atoms. The SMILES string of the molecule is Cl.NC1C2CCC(C2)C1C(=O)NC1CCOC1c1ccccc1. The summed E-state index contributed by atoms with van der Waals surface area (Å²) < 4.78 is 5.86. The number of hydrogen-bond donors (Lipinski definition) is 2. The molecule has 5 heteroatoms. The molecule has 1 amide bonds. The molecule has 6 atom stereocenters. The van der Waals surface area contributed by atoms with Crippen molar-refractivity contribution in [2.75, 3.05) is 6.61 Å². The van der Waals surface area contributed by atoms with Crippen molar-refractivity contribution in [3.8, 4) is 0 Å². The normalized spacial score (nSPS) is 38.3. The number of rotatable bonds is 3. The molecule has 0 radical (unpaired) electrons. The van der Waals surface area contributed by atoms with E-state index in [9.17, 15) is 4.79 Å². The zero-order valence-corrected chi connectivity index (χ0v) is 14.0. The number of ether oxygens (including phenoxy) is 1. The second kappa shape index (κ2) is 6.80. The van der Waals surface area contributed by atoms with Gasteiger partial charge in [-0.25, -0.2) is 0 Å².